The van der Waals surface area contributed by atoms with Gasteiger partial charge in [-0.05, 0) is 12.1 Å². The number of nitrogens with zero attached hydrogens (tertiary/aromatic N) is 2. The van der Waals surface area contributed by atoms with Crippen molar-refractivity contribution in [2.75, 3.05) is 26.3 Å². The lowest BCUT2D eigenvalue weighted by Gasteiger charge is -2.19. The molecule has 0 aromatic heterocycles. The zero-order valence-corrected chi connectivity index (χ0v) is 11.5. The van der Waals surface area contributed by atoms with Gasteiger partial charge in [0.15, 0.2) is 6.23 Å². The molecule has 0 radical (unpaired) electrons. The Balaban J connectivity index is 2.06. The van der Waals surface area contributed by atoms with Gasteiger partial charge in [0, 0.05) is 17.7 Å². The predicted molar refractivity (Wildman–Crippen MR) is 72.0 cm³/mol. The molecule has 0 saturated carbocycles. The molecule has 8 nitrogen and oxygen atoms in total. The molecule has 0 spiro atoms. The Bertz CT molecular complexity index is 686. The van der Waals surface area contributed by atoms with Crippen LogP contribution in [0.25, 0.3) is 0 Å². The van der Waals surface area contributed by atoms with Gasteiger partial charge in [0.25, 0.3) is 17.7 Å². The molecular weight excluding hydrogens is 292 g/mol. The highest BCUT2D eigenvalue weighted by Crippen LogP contribution is 2.36. The van der Waals surface area contributed by atoms with Crippen LogP contribution in [0.1, 0.15) is 42.9 Å². The first kappa shape index (κ1) is 14.6. The molecule has 0 fully saturated rings. The predicted octanol–water partition coefficient (Wildman–Crippen LogP) is -1.29. The van der Waals surface area contributed by atoms with Crippen molar-refractivity contribution in [1.29, 1.82) is 0 Å². The Morgan fingerprint density at radius 1 is 0.864 bits per heavy atom. The van der Waals surface area contributed by atoms with Crippen molar-refractivity contribution in [2.24, 2.45) is 0 Å². The molecule has 1 atom stereocenters. The minimum atomic E-state index is -1.25. The maximum Gasteiger partial charge on any atom is 0.261 e. The maximum absolute atomic E-state index is 12.2. The number of amides is 3. The van der Waals surface area contributed by atoms with Gasteiger partial charge in [0.2, 0.25) is 0 Å². The molecule has 116 valence electrons. The molecule has 0 bridgehead atoms. The Labute approximate surface area is 125 Å². The topological polar surface area (TPSA) is 118 Å². The van der Waals surface area contributed by atoms with Crippen LogP contribution in [-0.2, 0) is 0 Å². The second kappa shape index (κ2) is 5.16. The van der Waals surface area contributed by atoms with E-state index in [0.717, 1.165) is 9.80 Å². The molecule has 0 aliphatic carbocycles. The first-order valence-corrected chi connectivity index (χ1v) is 6.76. The highest BCUT2D eigenvalue weighted by Gasteiger charge is 2.41. The van der Waals surface area contributed by atoms with E-state index in [1.54, 1.807) is 0 Å². The summed E-state index contributed by atoms with van der Waals surface area (Å²) < 4.78 is 0. The van der Waals surface area contributed by atoms with Crippen LogP contribution in [0.2, 0.25) is 0 Å². The number of rotatable bonds is 4. The minimum absolute atomic E-state index is 0.0438. The lowest BCUT2D eigenvalue weighted by Crippen LogP contribution is -2.32. The fraction of sp³-hybridized carbons (Fsp3) is 0.357. The van der Waals surface area contributed by atoms with Crippen LogP contribution < -0.4 is 0 Å². The van der Waals surface area contributed by atoms with Gasteiger partial charge in [-0.25, -0.2) is 0 Å². The Morgan fingerprint density at radius 3 is 2.05 bits per heavy atom. The number of carbonyl (C=O) groups excluding carboxylic acids is 3. The fourth-order valence-electron chi connectivity index (χ4n) is 2.82. The summed E-state index contributed by atoms with van der Waals surface area (Å²) in [6.07, 6.45) is -1.25. The van der Waals surface area contributed by atoms with Gasteiger partial charge in [-0.3, -0.25) is 19.3 Å². The molecule has 3 rings (SSSR count). The molecule has 8 heteroatoms. The van der Waals surface area contributed by atoms with Crippen LogP contribution >= 0.6 is 0 Å². The van der Waals surface area contributed by atoms with E-state index in [-0.39, 0.29) is 48.6 Å². The number of β-amino-alcohol motifs (C(OH)–C–C–N with tert-alkyl or cyclic N) is 2. The quantitative estimate of drug-likeness (QED) is 0.596. The molecule has 3 amide bonds. The van der Waals surface area contributed by atoms with E-state index in [9.17, 15) is 19.5 Å². The summed E-state index contributed by atoms with van der Waals surface area (Å²) in [6.45, 7) is -0.822. The number of fused-ring (bicyclic) bond motifs is 2. The van der Waals surface area contributed by atoms with Gasteiger partial charge in [-0.1, -0.05) is 0 Å². The van der Waals surface area contributed by atoms with Crippen molar-refractivity contribution >= 4 is 17.7 Å². The van der Waals surface area contributed by atoms with Crippen LogP contribution in [0.4, 0.5) is 0 Å². The van der Waals surface area contributed by atoms with Crippen LogP contribution in [0, 0.1) is 0 Å². The van der Waals surface area contributed by atoms with E-state index in [2.05, 4.69) is 0 Å². The summed E-state index contributed by atoms with van der Waals surface area (Å²) in [5.41, 5.74) is 0.578. The number of benzene rings is 1. The lowest BCUT2D eigenvalue weighted by atomic mass is 10.0. The third-order valence-electron chi connectivity index (χ3n) is 3.87. The molecule has 2 heterocycles. The standard InChI is InChI=1S/C14H14N2O6/c17-3-1-15-11(19)7-5-9-10(6-8(7)12(15)20)14(22)16(2-4-18)13(9)21/h5-6,11,17-19H,1-4H2. The van der Waals surface area contributed by atoms with E-state index in [4.69, 9.17) is 10.2 Å². The smallest absolute Gasteiger partial charge is 0.261 e. The number of aliphatic hydroxyl groups is 3. The molecule has 1 aromatic rings. The molecular formula is C14H14N2O6. The van der Waals surface area contributed by atoms with E-state index in [1.807, 2.05) is 0 Å². The van der Waals surface area contributed by atoms with Crippen molar-refractivity contribution in [3.8, 4) is 0 Å². The summed E-state index contributed by atoms with van der Waals surface area (Å²) in [7, 11) is 0. The monoisotopic (exact) mass is 306 g/mol. The van der Waals surface area contributed by atoms with Gasteiger partial charge in [-0.2, -0.15) is 0 Å². The molecule has 1 unspecified atom stereocenters. The number of hydrogen-bond donors (Lipinski definition) is 3. The van der Waals surface area contributed by atoms with Crippen LogP contribution in [0.15, 0.2) is 12.1 Å². The van der Waals surface area contributed by atoms with Crippen molar-refractivity contribution < 1.29 is 29.7 Å². The SMILES string of the molecule is O=C1c2cc3c(cc2C(=O)N1CCO)C(O)N(CCO)C3=O. The van der Waals surface area contributed by atoms with Gasteiger partial charge < -0.3 is 20.2 Å². The number of imide groups is 1. The summed E-state index contributed by atoms with van der Waals surface area (Å²) in [6, 6.07) is 2.63. The Morgan fingerprint density at radius 2 is 1.45 bits per heavy atom. The highest BCUT2D eigenvalue weighted by atomic mass is 16.3. The molecule has 3 N–H and O–H groups in total. The molecule has 0 saturated heterocycles. The molecule has 2 aliphatic rings. The number of aliphatic hydroxyl groups excluding tert-OH is 3. The maximum atomic E-state index is 12.2. The lowest BCUT2D eigenvalue weighted by molar-refractivity contribution is 0.0108. The summed E-state index contributed by atoms with van der Waals surface area (Å²) >= 11 is 0. The molecule has 22 heavy (non-hydrogen) atoms. The summed E-state index contributed by atoms with van der Waals surface area (Å²) in [5.74, 6) is -1.63. The fourth-order valence-corrected chi connectivity index (χ4v) is 2.82. The third-order valence-corrected chi connectivity index (χ3v) is 3.87. The van der Waals surface area contributed by atoms with Gasteiger partial charge in [-0.15, -0.1) is 0 Å². The third kappa shape index (κ3) is 1.85. The van der Waals surface area contributed by atoms with E-state index < -0.39 is 23.9 Å². The first-order valence-electron chi connectivity index (χ1n) is 6.76. The van der Waals surface area contributed by atoms with Crippen LogP contribution in [-0.4, -0.2) is 69.1 Å². The van der Waals surface area contributed by atoms with Crippen molar-refractivity contribution in [3.05, 3.63) is 34.4 Å². The first-order chi connectivity index (χ1) is 10.5. The number of carbonyl (C=O) groups is 3. The minimum Gasteiger partial charge on any atom is -0.395 e. The second-order valence-corrected chi connectivity index (χ2v) is 5.07. The molecule has 1 aromatic carbocycles. The Kier molecular flexibility index (Phi) is 3.44. The van der Waals surface area contributed by atoms with E-state index in [1.165, 1.54) is 12.1 Å². The zero-order valence-electron chi connectivity index (χ0n) is 11.5. The van der Waals surface area contributed by atoms with Crippen molar-refractivity contribution in [2.45, 2.75) is 6.23 Å². The van der Waals surface area contributed by atoms with Crippen molar-refractivity contribution in [1.82, 2.24) is 9.80 Å². The Hall–Kier alpha value is -2.29. The summed E-state index contributed by atoms with van der Waals surface area (Å²) in [4.78, 5) is 38.5. The van der Waals surface area contributed by atoms with Gasteiger partial charge >= 0.3 is 0 Å². The van der Waals surface area contributed by atoms with Crippen LogP contribution in [0.3, 0.4) is 0 Å². The average Bonchev–Trinajstić information content (AvgIpc) is 2.88. The molecule has 2 aliphatic heterocycles. The van der Waals surface area contributed by atoms with Gasteiger partial charge in [0.1, 0.15) is 0 Å². The highest BCUT2D eigenvalue weighted by molar-refractivity contribution is 6.22. The average molecular weight is 306 g/mol. The number of hydrogen-bond acceptors (Lipinski definition) is 6. The zero-order chi connectivity index (χ0) is 16.0. The van der Waals surface area contributed by atoms with Gasteiger partial charge in [0.05, 0.1) is 30.9 Å². The normalized spacial score (nSPS) is 20.0. The largest absolute Gasteiger partial charge is 0.395 e. The van der Waals surface area contributed by atoms with E-state index in [0.29, 0.717) is 0 Å². The van der Waals surface area contributed by atoms with Crippen molar-refractivity contribution in [3.63, 3.8) is 0 Å². The van der Waals surface area contributed by atoms with Crippen LogP contribution in [0.5, 0.6) is 0 Å². The van der Waals surface area contributed by atoms with E-state index >= 15 is 0 Å². The second-order valence-electron chi connectivity index (χ2n) is 5.07. The summed E-state index contributed by atoms with van der Waals surface area (Å²) in [5, 5.41) is 28.0.